The van der Waals surface area contributed by atoms with E-state index >= 15 is 0 Å². The molecule has 0 heterocycles. The van der Waals surface area contributed by atoms with Gasteiger partial charge in [0.25, 0.3) is 0 Å². The number of para-hydroxylation sites is 1. The number of hydrogen-bond donors (Lipinski definition) is 2. The molecule has 13 heavy (non-hydrogen) atoms. The number of benzene rings is 1. The maximum absolute atomic E-state index is 6.02. The van der Waals surface area contributed by atoms with E-state index in [-0.39, 0.29) is 6.04 Å². The first kappa shape index (κ1) is 10.1. The van der Waals surface area contributed by atoms with E-state index in [0.717, 1.165) is 17.7 Å². The highest BCUT2D eigenvalue weighted by molar-refractivity contribution is 5.47. The van der Waals surface area contributed by atoms with Crippen molar-refractivity contribution in [3.8, 4) is 0 Å². The minimum atomic E-state index is 0.0706. The van der Waals surface area contributed by atoms with Gasteiger partial charge in [-0.1, -0.05) is 32.0 Å². The van der Waals surface area contributed by atoms with Crippen LogP contribution in [0.25, 0.3) is 0 Å². The maximum atomic E-state index is 6.02. The highest BCUT2D eigenvalue weighted by Crippen LogP contribution is 2.23. The van der Waals surface area contributed by atoms with E-state index in [0.29, 0.717) is 5.92 Å². The summed E-state index contributed by atoms with van der Waals surface area (Å²) in [6.45, 7) is 4.33. The summed E-state index contributed by atoms with van der Waals surface area (Å²) in [7, 11) is 0. The zero-order valence-electron chi connectivity index (χ0n) is 8.33. The Hall–Kier alpha value is -1.02. The quantitative estimate of drug-likeness (QED) is 0.698. The monoisotopic (exact) mass is 178 g/mol. The van der Waals surface area contributed by atoms with Crippen LogP contribution in [0.1, 0.15) is 31.9 Å². The fraction of sp³-hybridized carbons (Fsp3) is 0.455. The van der Waals surface area contributed by atoms with Crippen molar-refractivity contribution in [2.75, 3.05) is 5.73 Å². The Morgan fingerprint density at radius 2 is 1.85 bits per heavy atom. The average molecular weight is 178 g/mol. The molecule has 0 bridgehead atoms. The fourth-order valence-corrected chi connectivity index (χ4v) is 1.48. The SMILES string of the molecule is CC(C)CC(N)c1ccccc1N. The van der Waals surface area contributed by atoms with Crippen LogP contribution in [0.4, 0.5) is 5.69 Å². The zero-order chi connectivity index (χ0) is 9.84. The maximum Gasteiger partial charge on any atom is 0.0362 e. The van der Waals surface area contributed by atoms with Crippen LogP contribution in [0.2, 0.25) is 0 Å². The second-order valence-electron chi connectivity index (χ2n) is 3.86. The van der Waals surface area contributed by atoms with Gasteiger partial charge in [-0.25, -0.2) is 0 Å². The number of hydrogen-bond acceptors (Lipinski definition) is 2. The second-order valence-corrected chi connectivity index (χ2v) is 3.86. The molecular weight excluding hydrogens is 160 g/mol. The predicted molar refractivity (Wildman–Crippen MR) is 57.2 cm³/mol. The van der Waals surface area contributed by atoms with Crippen LogP contribution in [0.3, 0.4) is 0 Å². The molecular formula is C11H18N2. The molecule has 0 saturated heterocycles. The van der Waals surface area contributed by atoms with Crippen molar-refractivity contribution in [3.63, 3.8) is 0 Å². The average Bonchev–Trinajstić information content (AvgIpc) is 2.03. The number of rotatable bonds is 3. The molecule has 1 rings (SSSR count). The van der Waals surface area contributed by atoms with Crippen molar-refractivity contribution in [2.45, 2.75) is 26.3 Å². The lowest BCUT2D eigenvalue weighted by atomic mass is 9.97. The van der Waals surface area contributed by atoms with Crippen molar-refractivity contribution in [3.05, 3.63) is 29.8 Å². The first-order chi connectivity index (χ1) is 6.11. The summed E-state index contributed by atoms with van der Waals surface area (Å²) in [5.41, 5.74) is 13.7. The summed E-state index contributed by atoms with van der Waals surface area (Å²) in [5, 5.41) is 0. The molecule has 1 atom stereocenters. The third-order valence-corrected chi connectivity index (χ3v) is 2.12. The Morgan fingerprint density at radius 3 is 2.38 bits per heavy atom. The summed E-state index contributed by atoms with van der Waals surface area (Å²) in [4.78, 5) is 0. The van der Waals surface area contributed by atoms with Crippen molar-refractivity contribution in [1.82, 2.24) is 0 Å². The lowest BCUT2D eigenvalue weighted by Crippen LogP contribution is -2.14. The normalized spacial score (nSPS) is 13.2. The molecule has 0 fully saturated rings. The molecule has 72 valence electrons. The van der Waals surface area contributed by atoms with Gasteiger partial charge in [-0.3, -0.25) is 0 Å². The number of nitrogen functional groups attached to an aromatic ring is 1. The summed E-state index contributed by atoms with van der Waals surface area (Å²) < 4.78 is 0. The summed E-state index contributed by atoms with van der Waals surface area (Å²) >= 11 is 0. The number of anilines is 1. The fourth-order valence-electron chi connectivity index (χ4n) is 1.48. The molecule has 2 nitrogen and oxygen atoms in total. The van der Waals surface area contributed by atoms with Crippen LogP contribution in [0, 0.1) is 5.92 Å². The summed E-state index contributed by atoms with van der Waals surface area (Å²) in [5.74, 6) is 0.606. The number of nitrogens with two attached hydrogens (primary N) is 2. The van der Waals surface area contributed by atoms with E-state index in [2.05, 4.69) is 13.8 Å². The molecule has 1 aromatic carbocycles. The van der Waals surface area contributed by atoms with E-state index < -0.39 is 0 Å². The molecule has 4 N–H and O–H groups in total. The molecule has 0 amide bonds. The van der Waals surface area contributed by atoms with Gasteiger partial charge >= 0.3 is 0 Å². The molecule has 0 aliphatic rings. The lowest BCUT2D eigenvalue weighted by molar-refractivity contribution is 0.511. The van der Waals surface area contributed by atoms with Crippen molar-refractivity contribution in [1.29, 1.82) is 0 Å². The minimum absolute atomic E-state index is 0.0706. The Bertz CT molecular complexity index is 269. The largest absolute Gasteiger partial charge is 0.398 e. The molecule has 2 heteroatoms. The topological polar surface area (TPSA) is 52.0 Å². The predicted octanol–water partition coefficient (Wildman–Crippen LogP) is 2.31. The third kappa shape index (κ3) is 2.74. The molecule has 0 aliphatic heterocycles. The van der Waals surface area contributed by atoms with Crippen LogP contribution in [0.5, 0.6) is 0 Å². The van der Waals surface area contributed by atoms with Crippen LogP contribution in [-0.4, -0.2) is 0 Å². The van der Waals surface area contributed by atoms with Gasteiger partial charge in [0.2, 0.25) is 0 Å². The Morgan fingerprint density at radius 1 is 1.23 bits per heavy atom. The smallest absolute Gasteiger partial charge is 0.0362 e. The van der Waals surface area contributed by atoms with E-state index in [1.54, 1.807) is 0 Å². The van der Waals surface area contributed by atoms with Crippen LogP contribution in [0.15, 0.2) is 24.3 Å². The van der Waals surface area contributed by atoms with Gasteiger partial charge < -0.3 is 11.5 Å². The Kier molecular flexibility index (Phi) is 3.32. The highest BCUT2D eigenvalue weighted by Gasteiger charge is 2.09. The van der Waals surface area contributed by atoms with Crippen molar-refractivity contribution in [2.24, 2.45) is 11.7 Å². The van der Waals surface area contributed by atoms with Gasteiger partial charge in [0.1, 0.15) is 0 Å². The van der Waals surface area contributed by atoms with Gasteiger partial charge in [0.05, 0.1) is 0 Å². The molecule has 0 aromatic heterocycles. The first-order valence-electron chi connectivity index (χ1n) is 4.71. The van der Waals surface area contributed by atoms with Crippen molar-refractivity contribution < 1.29 is 0 Å². The van der Waals surface area contributed by atoms with Crippen LogP contribution >= 0.6 is 0 Å². The zero-order valence-corrected chi connectivity index (χ0v) is 8.33. The molecule has 0 radical (unpaired) electrons. The molecule has 0 saturated carbocycles. The van der Waals surface area contributed by atoms with Gasteiger partial charge in [-0.05, 0) is 24.0 Å². The minimum Gasteiger partial charge on any atom is -0.398 e. The van der Waals surface area contributed by atoms with E-state index in [4.69, 9.17) is 11.5 Å². The summed E-state index contributed by atoms with van der Waals surface area (Å²) in [6.07, 6.45) is 0.980. The Balaban J connectivity index is 2.76. The molecule has 0 spiro atoms. The van der Waals surface area contributed by atoms with Crippen LogP contribution < -0.4 is 11.5 Å². The van der Waals surface area contributed by atoms with Gasteiger partial charge in [0, 0.05) is 11.7 Å². The van der Waals surface area contributed by atoms with E-state index in [1.165, 1.54) is 0 Å². The Labute approximate surface area is 79.9 Å². The van der Waals surface area contributed by atoms with Gasteiger partial charge in [0.15, 0.2) is 0 Å². The standard InChI is InChI=1S/C11H18N2/c1-8(2)7-11(13)9-5-3-4-6-10(9)12/h3-6,8,11H,7,12-13H2,1-2H3. The lowest BCUT2D eigenvalue weighted by Gasteiger charge is -2.16. The molecule has 0 aliphatic carbocycles. The van der Waals surface area contributed by atoms with Crippen molar-refractivity contribution >= 4 is 5.69 Å². The second kappa shape index (κ2) is 4.28. The van der Waals surface area contributed by atoms with Crippen LogP contribution in [-0.2, 0) is 0 Å². The van der Waals surface area contributed by atoms with Gasteiger partial charge in [-0.2, -0.15) is 0 Å². The molecule has 1 aromatic rings. The van der Waals surface area contributed by atoms with E-state index in [9.17, 15) is 0 Å². The van der Waals surface area contributed by atoms with E-state index in [1.807, 2.05) is 24.3 Å². The van der Waals surface area contributed by atoms with Gasteiger partial charge in [-0.15, -0.1) is 0 Å². The summed E-state index contributed by atoms with van der Waals surface area (Å²) in [6, 6.07) is 7.88. The highest BCUT2D eigenvalue weighted by atomic mass is 14.7. The molecule has 1 unspecified atom stereocenters. The third-order valence-electron chi connectivity index (χ3n) is 2.12. The first-order valence-corrected chi connectivity index (χ1v) is 4.71.